The third-order valence-electron chi connectivity index (χ3n) is 3.94. The second kappa shape index (κ2) is 5.68. The highest BCUT2D eigenvalue weighted by atomic mass is 16.5. The van der Waals surface area contributed by atoms with E-state index in [-0.39, 0.29) is 6.04 Å². The van der Waals surface area contributed by atoms with Crippen molar-refractivity contribution in [1.29, 1.82) is 0 Å². The molecule has 1 aliphatic heterocycles. The van der Waals surface area contributed by atoms with E-state index in [1.54, 1.807) is 0 Å². The van der Waals surface area contributed by atoms with Gasteiger partial charge in [-0.15, -0.1) is 0 Å². The first kappa shape index (κ1) is 12.6. The first-order valence-corrected chi connectivity index (χ1v) is 7.04. The zero-order valence-corrected chi connectivity index (χ0v) is 11.1. The van der Waals surface area contributed by atoms with E-state index in [9.17, 15) is 0 Å². The highest BCUT2D eigenvalue weighted by Crippen LogP contribution is 2.27. The second-order valence-corrected chi connectivity index (χ2v) is 5.26. The van der Waals surface area contributed by atoms with E-state index in [0.717, 1.165) is 24.8 Å². The van der Waals surface area contributed by atoms with Gasteiger partial charge in [0.2, 0.25) is 0 Å². The van der Waals surface area contributed by atoms with Gasteiger partial charge in [0.1, 0.15) is 0 Å². The van der Waals surface area contributed by atoms with Crippen molar-refractivity contribution in [2.45, 2.75) is 37.8 Å². The van der Waals surface area contributed by atoms with Gasteiger partial charge in [-0.2, -0.15) is 0 Å². The molecule has 1 aromatic heterocycles. The standard InChI is InChI=1S/C16H20N2O/c17-16(7-6-13-4-2-10-19-13)15-5-1-3-12-11-18-9-8-14(12)15/h1,3,5,8-9,11,13,16H,2,4,6-7,10,17H2. The Kier molecular flexibility index (Phi) is 3.76. The summed E-state index contributed by atoms with van der Waals surface area (Å²) in [6, 6.07) is 8.40. The topological polar surface area (TPSA) is 48.1 Å². The fourth-order valence-corrected chi connectivity index (χ4v) is 2.86. The number of benzene rings is 1. The highest BCUT2D eigenvalue weighted by molar-refractivity contribution is 5.85. The number of rotatable bonds is 4. The third-order valence-corrected chi connectivity index (χ3v) is 3.94. The van der Waals surface area contributed by atoms with Crippen molar-refractivity contribution in [3.8, 4) is 0 Å². The fourth-order valence-electron chi connectivity index (χ4n) is 2.86. The van der Waals surface area contributed by atoms with E-state index in [4.69, 9.17) is 10.5 Å². The summed E-state index contributed by atoms with van der Waals surface area (Å²) in [6.45, 7) is 0.917. The molecule has 2 N–H and O–H groups in total. The number of aromatic nitrogens is 1. The van der Waals surface area contributed by atoms with Gasteiger partial charge >= 0.3 is 0 Å². The van der Waals surface area contributed by atoms with Crippen LogP contribution in [-0.4, -0.2) is 17.7 Å². The van der Waals surface area contributed by atoms with Gasteiger partial charge in [0.05, 0.1) is 6.10 Å². The fraction of sp³-hybridized carbons (Fsp3) is 0.438. The monoisotopic (exact) mass is 256 g/mol. The van der Waals surface area contributed by atoms with Gasteiger partial charge in [-0.3, -0.25) is 4.98 Å². The molecule has 2 aromatic rings. The van der Waals surface area contributed by atoms with E-state index in [1.807, 2.05) is 12.4 Å². The van der Waals surface area contributed by atoms with Gasteiger partial charge in [-0.25, -0.2) is 0 Å². The van der Waals surface area contributed by atoms with Crippen LogP contribution in [0, 0.1) is 0 Å². The van der Waals surface area contributed by atoms with E-state index in [2.05, 4.69) is 29.2 Å². The maximum atomic E-state index is 6.36. The van der Waals surface area contributed by atoms with Crippen LogP contribution in [0.5, 0.6) is 0 Å². The molecule has 2 atom stereocenters. The van der Waals surface area contributed by atoms with Gasteiger partial charge < -0.3 is 10.5 Å². The first-order valence-electron chi connectivity index (χ1n) is 7.04. The Bertz CT molecular complexity index is 544. The van der Waals surface area contributed by atoms with Gasteiger partial charge in [-0.1, -0.05) is 18.2 Å². The maximum Gasteiger partial charge on any atom is 0.0576 e. The lowest BCUT2D eigenvalue weighted by Crippen LogP contribution is -2.14. The SMILES string of the molecule is NC(CCC1CCCO1)c1cccc2cnccc12. The van der Waals surface area contributed by atoms with Crippen molar-refractivity contribution in [2.24, 2.45) is 5.73 Å². The van der Waals surface area contributed by atoms with Gasteiger partial charge in [0.25, 0.3) is 0 Å². The van der Waals surface area contributed by atoms with Crippen LogP contribution in [-0.2, 0) is 4.74 Å². The molecule has 3 nitrogen and oxygen atoms in total. The Morgan fingerprint density at radius 2 is 2.32 bits per heavy atom. The molecule has 1 aliphatic rings. The Morgan fingerprint density at radius 1 is 1.37 bits per heavy atom. The first-order chi connectivity index (χ1) is 9.34. The molecule has 0 saturated carbocycles. The van der Waals surface area contributed by atoms with Crippen molar-refractivity contribution in [1.82, 2.24) is 4.98 Å². The van der Waals surface area contributed by atoms with E-state index >= 15 is 0 Å². The third kappa shape index (κ3) is 2.77. The summed E-state index contributed by atoms with van der Waals surface area (Å²) in [4.78, 5) is 4.16. The summed E-state index contributed by atoms with van der Waals surface area (Å²) in [7, 11) is 0. The van der Waals surface area contributed by atoms with Gasteiger partial charge in [0.15, 0.2) is 0 Å². The van der Waals surface area contributed by atoms with Crippen LogP contribution in [0.1, 0.15) is 37.3 Å². The van der Waals surface area contributed by atoms with Crippen molar-refractivity contribution in [2.75, 3.05) is 6.61 Å². The van der Waals surface area contributed by atoms with E-state index in [0.29, 0.717) is 6.10 Å². The number of nitrogens with zero attached hydrogens (tertiary/aromatic N) is 1. The molecule has 3 heteroatoms. The molecular formula is C16H20N2O. The summed E-state index contributed by atoms with van der Waals surface area (Å²) in [5, 5.41) is 2.38. The number of hydrogen-bond donors (Lipinski definition) is 1. The molecule has 100 valence electrons. The Morgan fingerprint density at radius 3 is 3.16 bits per heavy atom. The lowest BCUT2D eigenvalue weighted by molar-refractivity contribution is 0.101. The molecule has 1 saturated heterocycles. The summed E-state index contributed by atoms with van der Waals surface area (Å²) < 4.78 is 5.66. The van der Waals surface area contributed by atoms with Crippen LogP contribution in [0.4, 0.5) is 0 Å². The molecule has 19 heavy (non-hydrogen) atoms. The number of pyridine rings is 1. The zero-order valence-electron chi connectivity index (χ0n) is 11.1. The minimum atomic E-state index is 0.0790. The van der Waals surface area contributed by atoms with Crippen LogP contribution in [0.15, 0.2) is 36.7 Å². The molecule has 1 aromatic carbocycles. The van der Waals surface area contributed by atoms with Crippen molar-refractivity contribution < 1.29 is 4.74 Å². The molecule has 0 spiro atoms. The van der Waals surface area contributed by atoms with Crippen LogP contribution in [0.2, 0.25) is 0 Å². The van der Waals surface area contributed by atoms with Crippen LogP contribution in [0.25, 0.3) is 10.8 Å². The number of hydrogen-bond acceptors (Lipinski definition) is 3. The zero-order chi connectivity index (χ0) is 13.1. The second-order valence-electron chi connectivity index (χ2n) is 5.26. The largest absolute Gasteiger partial charge is 0.378 e. The van der Waals surface area contributed by atoms with Crippen LogP contribution >= 0.6 is 0 Å². The van der Waals surface area contributed by atoms with Gasteiger partial charge in [0, 0.05) is 30.4 Å². The summed E-state index contributed by atoms with van der Waals surface area (Å²) in [5.41, 5.74) is 7.58. The van der Waals surface area contributed by atoms with Crippen LogP contribution in [0.3, 0.4) is 0 Å². The molecule has 2 unspecified atom stereocenters. The molecule has 0 amide bonds. The van der Waals surface area contributed by atoms with Crippen LogP contribution < -0.4 is 5.73 Å². The van der Waals surface area contributed by atoms with E-state index in [1.165, 1.54) is 23.8 Å². The molecule has 0 radical (unpaired) electrons. The Labute approximate surface area is 113 Å². The average molecular weight is 256 g/mol. The molecule has 0 bridgehead atoms. The average Bonchev–Trinajstić information content (AvgIpc) is 2.97. The minimum absolute atomic E-state index is 0.0790. The highest BCUT2D eigenvalue weighted by Gasteiger charge is 2.17. The normalized spacial score (nSPS) is 20.8. The number of ether oxygens (including phenoxy) is 1. The Balaban J connectivity index is 1.75. The molecule has 2 heterocycles. The van der Waals surface area contributed by atoms with Crippen molar-refractivity contribution in [3.05, 3.63) is 42.2 Å². The molecule has 0 aliphatic carbocycles. The predicted molar refractivity (Wildman–Crippen MR) is 76.9 cm³/mol. The quantitative estimate of drug-likeness (QED) is 0.913. The number of fused-ring (bicyclic) bond motifs is 1. The van der Waals surface area contributed by atoms with E-state index < -0.39 is 0 Å². The van der Waals surface area contributed by atoms with Crippen molar-refractivity contribution in [3.63, 3.8) is 0 Å². The lowest BCUT2D eigenvalue weighted by atomic mass is 9.96. The smallest absolute Gasteiger partial charge is 0.0576 e. The predicted octanol–water partition coefficient (Wildman–Crippen LogP) is 3.19. The summed E-state index contributed by atoms with van der Waals surface area (Å²) >= 11 is 0. The Hall–Kier alpha value is -1.45. The summed E-state index contributed by atoms with van der Waals surface area (Å²) in [6.07, 6.45) is 8.56. The maximum absolute atomic E-state index is 6.36. The molecular weight excluding hydrogens is 236 g/mol. The molecule has 3 rings (SSSR count). The van der Waals surface area contributed by atoms with Crippen molar-refractivity contribution >= 4 is 10.8 Å². The molecule has 1 fully saturated rings. The lowest BCUT2D eigenvalue weighted by Gasteiger charge is -2.16. The summed E-state index contributed by atoms with van der Waals surface area (Å²) in [5.74, 6) is 0. The minimum Gasteiger partial charge on any atom is -0.378 e. The van der Waals surface area contributed by atoms with Gasteiger partial charge in [-0.05, 0) is 42.7 Å². The number of nitrogens with two attached hydrogens (primary N) is 1.